The van der Waals surface area contributed by atoms with E-state index in [0.717, 1.165) is 44.7 Å². The zero-order valence-corrected chi connectivity index (χ0v) is 20.7. The lowest BCUT2D eigenvalue weighted by Crippen LogP contribution is -2.43. The monoisotopic (exact) mass is 450 g/mol. The summed E-state index contributed by atoms with van der Waals surface area (Å²) in [5.74, 6) is 0. The molecular formula is C27H38N4O2. The molecule has 6 nitrogen and oxygen atoms in total. The highest BCUT2D eigenvalue weighted by atomic mass is 16.6. The number of amides is 1. The van der Waals surface area contributed by atoms with Crippen LogP contribution in [0.25, 0.3) is 11.1 Å². The van der Waals surface area contributed by atoms with E-state index in [-0.39, 0.29) is 18.2 Å². The number of hydrogen-bond acceptors (Lipinski definition) is 5. The molecule has 2 unspecified atom stereocenters. The fraction of sp³-hybridized carbons (Fsp3) is 0.519. The fourth-order valence-corrected chi connectivity index (χ4v) is 4.79. The molecule has 1 amide bonds. The van der Waals surface area contributed by atoms with Crippen molar-refractivity contribution in [2.75, 3.05) is 45.2 Å². The number of rotatable bonds is 5. The summed E-state index contributed by atoms with van der Waals surface area (Å²) < 4.78 is 5.36. The number of nitrogens with zero attached hydrogens (tertiary/aromatic N) is 3. The van der Waals surface area contributed by atoms with Gasteiger partial charge in [0, 0.05) is 51.5 Å². The van der Waals surface area contributed by atoms with Gasteiger partial charge in [0.2, 0.25) is 0 Å². The third-order valence-corrected chi connectivity index (χ3v) is 6.95. The average Bonchev–Trinajstić information content (AvgIpc) is 2.78. The normalized spacial score (nSPS) is 21.7. The summed E-state index contributed by atoms with van der Waals surface area (Å²) in [4.78, 5) is 19.5. The average molecular weight is 451 g/mol. The Morgan fingerprint density at radius 3 is 2.36 bits per heavy atom. The lowest BCUT2D eigenvalue weighted by molar-refractivity contribution is 0.111. The van der Waals surface area contributed by atoms with E-state index < -0.39 is 0 Å². The van der Waals surface area contributed by atoms with Gasteiger partial charge in [0.05, 0.1) is 12.1 Å². The number of carbonyl (C=O) groups excluding carboxylic acids is 1. The molecule has 1 N–H and O–H groups in total. The van der Waals surface area contributed by atoms with Crippen LogP contribution in [0.4, 0.5) is 10.5 Å². The molecule has 0 radical (unpaired) electrons. The second-order valence-corrected chi connectivity index (χ2v) is 9.90. The topological polar surface area (TPSA) is 48.1 Å². The molecule has 2 aromatic rings. The second kappa shape index (κ2) is 10.1. The molecule has 0 saturated carbocycles. The van der Waals surface area contributed by atoms with E-state index in [2.05, 4.69) is 83.5 Å². The minimum Gasteiger partial charge on any atom is -0.447 e. The molecule has 2 aliphatic heterocycles. The number of fused-ring (bicyclic) bond motifs is 1. The van der Waals surface area contributed by atoms with Gasteiger partial charge in [0.1, 0.15) is 0 Å². The predicted molar refractivity (Wildman–Crippen MR) is 135 cm³/mol. The van der Waals surface area contributed by atoms with Crippen LogP contribution in [0.1, 0.15) is 44.4 Å². The van der Waals surface area contributed by atoms with Gasteiger partial charge in [0.15, 0.2) is 0 Å². The van der Waals surface area contributed by atoms with Crippen molar-refractivity contribution in [3.8, 4) is 11.1 Å². The minimum absolute atomic E-state index is 0.0612. The van der Waals surface area contributed by atoms with Crippen LogP contribution in [-0.4, -0.2) is 68.3 Å². The molecule has 2 aromatic carbocycles. The summed E-state index contributed by atoms with van der Waals surface area (Å²) in [6.45, 7) is 11.5. The lowest BCUT2D eigenvalue weighted by Gasteiger charge is -2.39. The maximum absolute atomic E-state index is 12.3. The van der Waals surface area contributed by atoms with Crippen LogP contribution in [0, 0.1) is 0 Å². The number of nitrogens with one attached hydrogen (secondary N) is 1. The zero-order valence-electron chi connectivity index (χ0n) is 20.7. The Morgan fingerprint density at radius 1 is 1.03 bits per heavy atom. The Kier molecular flexibility index (Phi) is 7.25. The second-order valence-electron chi connectivity index (χ2n) is 9.90. The zero-order chi connectivity index (χ0) is 23.5. The van der Waals surface area contributed by atoms with Crippen molar-refractivity contribution in [1.29, 1.82) is 0 Å². The third kappa shape index (κ3) is 5.68. The van der Waals surface area contributed by atoms with Crippen molar-refractivity contribution >= 4 is 11.8 Å². The first-order chi connectivity index (χ1) is 15.8. The summed E-state index contributed by atoms with van der Waals surface area (Å²) in [5.41, 5.74) is 6.04. The first-order valence-corrected chi connectivity index (χ1v) is 12.1. The van der Waals surface area contributed by atoms with E-state index >= 15 is 0 Å². The smallest absolute Gasteiger partial charge is 0.407 e. The van der Waals surface area contributed by atoms with Crippen molar-refractivity contribution in [2.24, 2.45) is 0 Å². The van der Waals surface area contributed by atoms with Crippen molar-refractivity contribution in [2.45, 2.75) is 51.9 Å². The van der Waals surface area contributed by atoms with Crippen LogP contribution in [-0.2, 0) is 11.3 Å². The van der Waals surface area contributed by atoms with Gasteiger partial charge >= 0.3 is 6.09 Å². The van der Waals surface area contributed by atoms with Gasteiger partial charge in [0.25, 0.3) is 0 Å². The molecular weight excluding hydrogens is 412 g/mol. The van der Waals surface area contributed by atoms with Crippen LogP contribution >= 0.6 is 0 Å². The van der Waals surface area contributed by atoms with Gasteiger partial charge in [-0.05, 0) is 68.6 Å². The summed E-state index contributed by atoms with van der Waals surface area (Å²) in [6.07, 6.45) is 0.365. The molecule has 6 heteroatoms. The lowest BCUT2D eigenvalue weighted by atomic mass is 9.89. The molecule has 0 aliphatic carbocycles. The molecule has 1 saturated heterocycles. The predicted octanol–water partition coefficient (Wildman–Crippen LogP) is 4.51. The van der Waals surface area contributed by atoms with E-state index in [9.17, 15) is 4.79 Å². The van der Waals surface area contributed by atoms with Crippen molar-refractivity contribution in [1.82, 2.24) is 15.1 Å². The Bertz CT molecular complexity index is 951. The Hall–Kier alpha value is -2.57. The van der Waals surface area contributed by atoms with E-state index in [1.807, 2.05) is 13.8 Å². The van der Waals surface area contributed by atoms with Crippen LogP contribution in [0.5, 0.6) is 0 Å². The van der Waals surface area contributed by atoms with Crippen molar-refractivity contribution in [3.63, 3.8) is 0 Å². The van der Waals surface area contributed by atoms with Gasteiger partial charge in [-0.2, -0.15) is 0 Å². The maximum atomic E-state index is 12.3. The van der Waals surface area contributed by atoms with Gasteiger partial charge in [-0.3, -0.25) is 4.90 Å². The highest BCUT2D eigenvalue weighted by Crippen LogP contribution is 2.38. The molecule has 0 spiro atoms. The van der Waals surface area contributed by atoms with E-state index in [0.29, 0.717) is 6.04 Å². The number of hydrogen-bond donors (Lipinski definition) is 1. The van der Waals surface area contributed by atoms with E-state index in [1.165, 1.54) is 22.4 Å². The molecule has 178 valence electrons. The highest BCUT2D eigenvalue weighted by molar-refractivity contribution is 5.73. The summed E-state index contributed by atoms with van der Waals surface area (Å²) in [6, 6.07) is 15.8. The molecule has 4 rings (SSSR count). The van der Waals surface area contributed by atoms with E-state index in [1.54, 1.807) is 0 Å². The molecule has 0 bridgehead atoms. The van der Waals surface area contributed by atoms with Crippen LogP contribution in [0.15, 0.2) is 42.5 Å². The van der Waals surface area contributed by atoms with Crippen LogP contribution < -0.4 is 10.2 Å². The number of likely N-dealkylation sites (N-methyl/N-ethyl adjacent to an activating group) is 1. The molecule has 0 aromatic heterocycles. The van der Waals surface area contributed by atoms with Crippen molar-refractivity contribution in [3.05, 3.63) is 53.6 Å². The number of benzene rings is 2. The van der Waals surface area contributed by atoms with E-state index in [4.69, 9.17) is 4.74 Å². The number of ether oxygens (including phenoxy) is 1. The minimum atomic E-state index is -0.351. The number of anilines is 1. The summed E-state index contributed by atoms with van der Waals surface area (Å²) in [7, 11) is 4.31. The fourth-order valence-electron chi connectivity index (χ4n) is 4.79. The number of carbonyl (C=O) groups is 1. The third-order valence-electron chi connectivity index (χ3n) is 6.95. The summed E-state index contributed by atoms with van der Waals surface area (Å²) in [5, 5.41) is 3.10. The van der Waals surface area contributed by atoms with Gasteiger partial charge < -0.3 is 19.9 Å². The summed E-state index contributed by atoms with van der Waals surface area (Å²) >= 11 is 0. The van der Waals surface area contributed by atoms with Gasteiger partial charge in [-0.15, -0.1) is 0 Å². The van der Waals surface area contributed by atoms with Crippen LogP contribution in [0.2, 0.25) is 0 Å². The molecule has 33 heavy (non-hydrogen) atoms. The van der Waals surface area contributed by atoms with Gasteiger partial charge in [-0.25, -0.2) is 4.79 Å². The first kappa shape index (κ1) is 23.6. The largest absolute Gasteiger partial charge is 0.447 e. The molecule has 1 fully saturated rings. The molecule has 2 aliphatic rings. The van der Waals surface area contributed by atoms with Crippen LogP contribution in [0.3, 0.4) is 0 Å². The maximum Gasteiger partial charge on any atom is 0.407 e. The van der Waals surface area contributed by atoms with Gasteiger partial charge in [-0.1, -0.05) is 30.3 Å². The Labute approximate surface area is 198 Å². The molecule has 2 heterocycles. The highest BCUT2D eigenvalue weighted by Gasteiger charge is 2.30. The Morgan fingerprint density at radius 2 is 1.70 bits per heavy atom. The standard InChI is InChI=1S/C27H38N4O2/c1-19(2)33-27(32)28-25-16-20(3)30(5)26-11-10-23(17-24(25)26)22-8-6-21(7-9-22)18-31-14-12-29(4)13-15-31/h6-11,17,19-20,25H,12-16,18H2,1-5H3,(H,28,32). The molecule has 2 atom stereocenters. The van der Waals surface area contributed by atoms with Crippen molar-refractivity contribution < 1.29 is 9.53 Å². The SMILES string of the molecule is CC(C)OC(=O)NC1CC(C)N(C)c2ccc(-c3ccc(CN4CCN(C)CC4)cc3)cc21. The number of piperazine rings is 1. The first-order valence-electron chi connectivity index (χ1n) is 12.1. The number of alkyl carbamates (subject to hydrolysis) is 1. The quantitative estimate of drug-likeness (QED) is 0.727. The Balaban J connectivity index is 1.52.